The number of benzene rings is 1. The zero-order chi connectivity index (χ0) is 21.1. The molecule has 5 nitrogen and oxygen atoms in total. The van der Waals surface area contributed by atoms with Crippen LogP contribution in [0.15, 0.2) is 36.4 Å². The summed E-state index contributed by atoms with van der Waals surface area (Å²) < 4.78 is 10.2. The topological polar surface area (TPSA) is 72.8 Å². The number of allylic oxidation sites excluding steroid dienone is 1. The van der Waals surface area contributed by atoms with E-state index in [-0.39, 0.29) is 24.4 Å². The molecule has 0 bridgehead atoms. The molecule has 0 saturated heterocycles. The summed E-state index contributed by atoms with van der Waals surface area (Å²) in [4.78, 5) is 23.3. The fourth-order valence-electron chi connectivity index (χ4n) is 3.69. The number of aliphatic hydroxyl groups excluding tert-OH is 1. The first-order valence-corrected chi connectivity index (χ1v) is 10.7. The Kier molecular flexibility index (Phi) is 10.2. The molecule has 1 aromatic rings. The molecule has 1 saturated carbocycles. The summed E-state index contributed by atoms with van der Waals surface area (Å²) in [6.45, 7) is 0.141. The van der Waals surface area contributed by atoms with Crippen LogP contribution in [0.3, 0.4) is 0 Å². The van der Waals surface area contributed by atoms with Gasteiger partial charge >= 0.3 is 5.97 Å². The van der Waals surface area contributed by atoms with Crippen molar-refractivity contribution in [3.63, 3.8) is 0 Å². The lowest BCUT2D eigenvalue weighted by atomic mass is 9.89. The van der Waals surface area contributed by atoms with Gasteiger partial charge < -0.3 is 14.6 Å². The number of ether oxygens (including phenoxy) is 2. The number of rotatable bonds is 12. The number of halogens is 1. The van der Waals surface area contributed by atoms with Gasteiger partial charge in [0.05, 0.1) is 7.11 Å². The van der Waals surface area contributed by atoms with Crippen molar-refractivity contribution in [2.24, 2.45) is 11.8 Å². The zero-order valence-corrected chi connectivity index (χ0v) is 17.8. The first kappa shape index (κ1) is 23.4. The molecule has 0 amide bonds. The molecule has 160 valence electrons. The maximum Gasteiger partial charge on any atom is 0.305 e. The Morgan fingerprint density at radius 1 is 1.31 bits per heavy atom. The Morgan fingerprint density at radius 2 is 2.10 bits per heavy atom. The third kappa shape index (κ3) is 8.58. The van der Waals surface area contributed by atoms with Gasteiger partial charge in [-0.05, 0) is 43.4 Å². The van der Waals surface area contributed by atoms with Crippen molar-refractivity contribution >= 4 is 23.4 Å². The van der Waals surface area contributed by atoms with Crippen molar-refractivity contribution in [2.45, 2.75) is 57.5 Å². The summed E-state index contributed by atoms with van der Waals surface area (Å²) >= 11 is 5.92. The molecule has 1 aromatic carbocycles. The van der Waals surface area contributed by atoms with E-state index in [9.17, 15) is 14.7 Å². The predicted octanol–water partition coefficient (Wildman–Crippen LogP) is 4.74. The van der Waals surface area contributed by atoms with Gasteiger partial charge in [-0.15, -0.1) is 0 Å². The van der Waals surface area contributed by atoms with Gasteiger partial charge in [-0.25, -0.2) is 0 Å². The first-order valence-electron chi connectivity index (χ1n) is 10.3. The van der Waals surface area contributed by atoms with Gasteiger partial charge in [0.2, 0.25) is 0 Å². The second kappa shape index (κ2) is 12.7. The Balaban J connectivity index is 1.70. The molecule has 0 aromatic heterocycles. The minimum Gasteiger partial charge on any atom is -0.491 e. The molecule has 0 spiro atoms. The van der Waals surface area contributed by atoms with Crippen molar-refractivity contribution in [3.8, 4) is 5.75 Å². The van der Waals surface area contributed by atoms with Gasteiger partial charge in [0.25, 0.3) is 0 Å². The van der Waals surface area contributed by atoms with E-state index in [2.05, 4.69) is 4.74 Å². The van der Waals surface area contributed by atoms with Crippen LogP contribution in [0.1, 0.15) is 51.4 Å². The molecule has 0 radical (unpaired) electrons. The number of Topliss-reactive ketones (excluding diaryl/α,β-unsaturated/α-hetero) is 1. The number of methoxy groups -OCH3 is 1. The van der Waals surface area contributed by atoms with Crippen LogP contribution in [0.25, 0.3) is 0 Å². The van der Waals surface area contributed by atoms with E-state index in [4.69, 9.17) is 16.3 Å². The molecule has 0 unspecified atom stereocenters. The van der Waals surface area contributed by atoms with Crippen LogP contribution < -0.4 is 4.74 Å². The van der Waals surface area contributed by atoms with Crippen molar-refractivity contribution < 1.29 is 24.2 Å². The maximum absolute atomic E-state index is 12.2. The average Bonchev–Trinajstić information content (AvgIpc) is 3.06. The fraction of sp³-hybridized carbons (Fsp3) is 0.565. The molecule has 6 heteroatoms. The zero-order valence-electron chi connectivity index (χ0n) is 17.0. The minimum absolute atomic E-state index is 0.0351. The number of esters is 1. The van der Waals surface area contributed by atoms with Crippen molar-refractivity contribution in [1.82, 2.24) is 0 Å². The number of hydrogen-bond acceptors (Lipinski definition) is 5. The monoisotopic (exact) mass is 422 g/mol. The van der Waals surface area contributed by atoms with Crippen LogP contribution in [0.4, 0.5) is 0 Å². The normalized spacial score (nSPS) is 20.2. The molecule has 1 aliphatic carbocycles. The number of hydrogen-bond donors (Lipinski definition) is 1. The Hall–Kier alpha value is -1.85. The van der Waals surface area contributed by atoms with E-state index in [0.717, 1.165) is 38.5 Å². The van der Waals surface area contributed by atoms with Gasteiger partial charge in [-0.3, -0.25) is 9.59 Å². The predicted molar refractivity (Wildman–Crippen MR) is 113 cm³/mol. The fourth-order valence-corrected chi connectivity index (χ4v) is 3.87. The molecule has 1 N–H and O–H groups in total. The van der Waals surface area contributed by atoms with Gasteiger partial charge in [-0.1, -0.05) is 49.1 Å². The first-order chi connectivity index (χ1) is 14.0. The number of carbonyl (C=O) groups is 2. The van der Waals surface area contributed by atoms with Crippen LogP contribution in [0.5, 0.6) is 5.75 Å². The SMILES string of the molecule is COC(=O)CCCCCC[C@H]1C(=O)CC[C@@H]1/C=C/[C@@H](O)COc1cccc(Cl)c1. The molecular weight excluding hydrogens is 392 g/mol. The van der Waals surface area contributed by atoms with Crippen molar-refractivity contribution in [2.75, 3.05) is 13.7 Å². The lowest BCUT2D eigenvalue weighted by Crippen LogP contribution is -2.17. The van der Waals surface area contributed by atoms with E-state index in [1.54, 1.807) is 30.3 Å². The minimum atomic E-state index is -0.733. The van der Waals surface area contributed by atoms with Crippen LogP contribution in [-0.4, -0.2) is 36.7 Å². The van der Waals surface area contributed by atoms with Gasteiger partial charge in [0.1, 0.15) is 24.2 Å². The number of ketones is 1. The highest BCUT2D eigenvalue weighted by atomic mass is 35.5. The van der Waals surface area contributed by atoms with Crippen LogP contribution in [-0.2, 0) is 14.3 Å². The van der Waals surface area contributed by atoms with Gasteiger partial charge in [0.15, 0.2) is 0 Å². The average molecular weight is 423 g/mol. The molecule has 1 fully saturated rings. The number of unbranched alkanes of at least 4 members (excludes halogenated alkanes) is 3. The third-order valence-electron chi connectivity index (χ3n) is 5.33. The quantitative estimate of drug-likeness (QED) is 0.299. The summed E-state index contributed by atoms with van der Waals surface area (Å²) in [7, 11) is 1.40. The lowest BCUT2D eigenvalue weighted by molar-refractivity contribution is -0.140. The molecule has 3 atom stereocenters. The highest BCUT2D eigenvalue weighted by molar-refractivity contribution is 6.30. The van der Waals surface area contributed by atoms with Crippen LogP contribution in [0, 0.1) is 11.8 Å². The molecule has 0 heterocycles. The van der Waals surface area contributed by atoms with E-state index in [1.165, 1.54) is 7.11 Å². The summed E-state index contributed by atoms with van der Waals surface area (Å²) in [6.07, 6.45) is 9.51. The van der Waals surface area contributed by atoms with E-state index in [1.807, 2.05) is 6.08 Å². The summed E-state index contributed by atoms with van der Waals surface area (Å²) in [5, 5.41) is 10.8. The maximum atomic E-state index is 12.2. The smallest absolute Gasteiger partial charge is 0.305 e. The number of carbonyl (C=O) groups excluding carboxylic acids is 2. The second-order valence-corrected chi connectivity index (χ2v) is 7.96. The number of aliphatic hydroxyl groups is 1. The molecular formula is C23H31ClO5. The highest BCUT2D eigenvalue weighted by Gasteiger charge is 2.32. The largest absolute Gasteiger partial charge is 0.491 e. The third-order valence-corrected chi connectivity index (χ3v) is 5.56. The summed E-state index contributed by atoms with van der Waals surface area (Å²) in [5.41, 5.74) is 0. The van der Waals surface area contributed by atoms with Gasteiger partial charge in [0, 0.05) is 23.8 Å². The van der Waals surface area contributed by atoms with Crippen LogP contribution >= 0.6 is 11.6 Å². The van der Waals surface area contributed by atoms with Crippen LogP contribution in [0.2, 0.25) is 5.02 Å². The van der Waals surface area contributed by atoms with Gasteiger partial charge in [-0.2, -0.15) is 0 Å². The van der Waals surface area contributed by atoms with E-state index >= 15 is 0 Å². The van der Waals surface area contributed by atoms with E-state index in [0.29, 0.717) is 29.4 Å². The Bertz CT molecular complexity index is 688. The van der Waals surface area contributed by atoms with Crippen molar-refractivity contribution in [3.05, 3.63) is 41.4 Å². The standard InChI is InChI=1S/C23H31ClO5/c1-28-23(27)10-5-3-2-4-9-21-17(12-14-22(21)26)11-13-19(25)16-29-20-8-6-7-18(24)15-20/h6-8,11,13,15,17,19,21,25H,2-5,9-10,12,14,16H2,1H3/b13-11+/t17-,19+,21+/m0/s1. The highest BCUT2D eigenvalue weighted by Crippen LogP contribution is 2.34. The summed E-state index contributed by atoms with van der Waals surface area (Å²) in [6, 6.07) is 7.05. The second-order valence-electron chi connectivity index (χ2n) is 7.52. The van der Waals surface area contributed by atoms with Crippen molar-refractivity contribution in [1.29, 1.82) is 0 Å². The molecule has 1 aliphatic rings. The lowest BCUT2D eigenvalue weighted by Gasteiger charge is -2.16. The molecule has 2 rings (SSSR count). The molecule has 29 heavy (non-hydrogen) atoms. The Labute approximate surface area is 178 Å². The molecule has 0 aliphatic heterocycles. The Morgan fingerprint density at radius 3 is 2.86 bits per heavy atom. The summed E-state index contributed by atoms with van der Waals surface area (Å²) in [5.74, 6) is 0.982. The van der Waals surface area contributed by atoms with E-state index < -0.39 is 6.10 Å².